The van der Waals surface area contributed by atoms with Crippen LogP contribution in [-0.4, -0.2) is 43.1 Å². The summed E-state index contributed by atoms with van der Waals surface area (Å²) >= 11 is 3.60. The number of anilines is 2. The Kier molecular flexibility index (Phi) is 4.12. The third kappa shape index (κ3) is 2.62. The fourth-order valence-electron chi connectivity index (χ4n) is 2.46. The van der Waals surface area contributed by atoms with Gasteiger partial charge in [0.1, 0.15) is 5.82 Å². The van der Waals surface area contributed by atoms with Gasteiger partial charge in [0.15, 0.2) is 0 Å². The average molecular weight is 313 g/mol. The molecule has 100 valence electrons. The first-order valence-corrected chi connectivity index (χ1v) is 7.12. The van der Waals surface area contributed by atoms with Crippen molar-refractivity contribution in [2.45, 2.75) is 25.8 Å². The van der Waals surface area contributed by atoms with Gasteiger partial charge in [-0.1, -0.05) is 0 Å². The van der Waals surface area contributed by atoms with Gasteiger partial charge in [0.2, 0.25) is 0 Å². The van der Waals surface area contributed by atoms with Crippen molar-refractivity contribution in [2.75, 3.05) is 37.8 Å². The van der Waals surface area contributed by atoms with E-state index in [1.165, 1.54) is 19.4 Å². The Morgan fingerprint density at radius 3 is 2.94 bits per heavy atom. The molecule has 0 spiro atoms. The predicted molar refractivity (Wildman–Crippen MR) is 80.0 cm³/mol. The number of likely N-dealkylation sites (N-methyl/N-ethyl adjacent to an activating group) is 2. The van der Waals surface area contributed by atoms with Crippen molar-refractivity contribution in [3.8, 4) is 0 Å². The summed E-state index contributed by atoms with van der Waals surface area (Å²) in [5.74, 6) is 0.974. The van der Waals surface area contributed by atoms with Crippen molar-refractivity contribution in [2.24, 2.45) is 0 Å². The predicted octanol–water partition coefficient (Wildman–Crippen LogP) is 2.27. The number of halogens is 1. The molecule has 0 radical (unpaired) electrons. The summed E-state index contributed by atoms with van der Waals surface area (Å²) in [6.07, 6.45) is 4.31. The van der Waals surface area contributed by atoms with Gasteiger partial charge >= 0.3 is 0 Å². The molecule has 1 saturated heterocycles. The molecule has 18 heavy (non-hydrogen) atoms. The van der Waals surface area contributed by atoms with Crippen molar-refractivity contribution in [3.05, 3.63) is 16.2 Å². The van der Waals surface area contributed by atoms with Crippen molar-refractivity contribution in [1.29, 1.82) is 0 Å². The molecule has 1 aliphatic rings. The lowest BCUT2D eigenvalue weighted by Gasteiger charge is -2.27. The van der Waals surface area contributed by atoms with Crippen LogP contribution in [-0.2, 0) is 0 Å². The maximum atomic E-state index is 5.86. The normalized spacial score (nSPS) is 20.3. The highest BCUT2D eigenvalue weighted by molar-refractivity contribution is 9.10. The molecule has 2 heterocycles. The maximum Gasteiger partial charge on any atom is 0.143 e. The zero-order valence-corrected chi connectivity index (χ0v) is 12.9. The second kappa shape index (κ2) is 5.45. The van der Waals surface area contributed by atoms with E-state index in [9.17, 15) is 0 Å². The van der Waals surface area contributed by atoms with E-state index in [0.717, 1.165) is 28.1 Å². The number of likely N-dealkylation sites (tertiary alicyclic amines) is 1. The summed E-state index contributed by atoms with van der Waals surface area (Å²) < 4.78 is 1.01. The SMILES string of the molecule is Cc1c(N)cnc(N(C)CC2CCCN2C)c1Br. The molecule has 0 amide bonds. The van der Waals surface area contributed by atoms with Gasteiger partial charge in [-0.15, -0.1) is 0 Å². The summed E-state index contributed by atoms with van der Waals surface area (Å²) in [5, 5.41) is 0. The Balaban J connectivity index is 2.14. The molecule has 0 aliphatic carbocycles. The summed E-state index contributed by atoms with van der Waals surface area (Å²) in [6, 6.07) is 0.626. The van der Waals surface area contributed by atoms with Crippen LogP contribution in [0.25, 0.3) is 0 Å². The van der Waals surface area contributed by atoms with E-state index < -0.39 is 0 Å². The highest BCUT2D eigenvalue weighted by atomic mass is 79.9. The van der Waals surface area contributed by atoms with Gasteiger partial charge in [-0.05, 0) is 54.9 Å². The van der Waals surface area contributed by atoms with Gasteiger partial charge in [0.25, 0.3) is 0 Å². The monoisotopic (exact) mass is 312 g/mol. The summed E-state index contributed by atoms with van der Waals surface area (Å²) in [6.45, 7) is 4.22. The number of hydrogen-bond acceptors (Lipinski definition) is 4. The molecule has 2 rings (SSSR count). The van der Waals surface area contributed by atoms with Gasteiger partial charge in [-0.2, -0.15) is 0 Å². The van der Waals surface area contributed by atoms with Crippen molar-refractivity contribution in [1.82, 2.24) is 9.88 Å². The van der Waals surface area contributed by atoms with E-state index in [1.54, 1.807) is 6.20 Å². The smallest absolute Gasteiger partial charge is 0.143 e. The number of pyridine rings is 1. The first-order valence-electron chi connectivity index (χ1n) is 6.32. The molecule has 0 bridgehead atoms. The first-order chi connectivity index (χ1) is 8.50. The minimum absolute atomic E-state index is 0.626. The van der Waals surface area contributed by atoms with Gasteiger partial charge in [0, 0.05) is 19.6 Å². The second-order valence-corrected chi connectivity index (χ2v) is 5.93. The molecule has 1 atom stereocenters. The molecule has 0 saturated carbocycles. The molecule has 1 aromatic rings. The zero-order valence-electron chi connectivity index (χ0n) is 11.3. The van der Waals surface area contributed by atoms with Gasteiger partial charge < -0.3 is 15.5 Å². The van der Waals surface area contributed by atoms with Crippen molar-refractivity contribution >= 4 is 27.4 Å². The third-order valence-corrected chi connectivity index (χ3v) is 4.75. The number of rotatable bonds is 3. The average Bonchev–Trinajstić information content (AvgIpc) is 2.72. The number of nitrogens with zero attached hydrogens (tertiary/aromatic N) is 3. The van der Waals surface area contributed by atoms with Crippen LogP contribution in [0.3, 0.4) is 0 Å². The maximum absolute atomic E-state index is 5.86. The highest BCUT2D eigenvalue weighted by Crippen LogP contribution is 2.30. The van der Waals surface area contributed by atoms with Crippen LogP contribution in [0.15, 0.2) is 10.7 Å². The topological polar surface area (TPSA) is 45.4 Å². The van der Waals surface area contributed by atoms with Crippen LogP contribution in [0.5, 0.6) is 0 Å². The van der Waals surface area contributed by atoms with E-state index in [0.29, 0.717) is 6.04 Å². The minimum atomic E-state index is 0.626. The van der Waals surface area contributed by atoms with Crippen LogP contribution >= 0.6 is 15.9 Å². The molecule has 2 N–H and O–H groups in total. The number of aromatic nitrogens is 1. The lowest BCUT2D eigenvalue weighted by Crippen LogP contribution is -2.37. The Hall–Kier alpha value is -0.810. The Labute approximate surface area is 117 Å². The fraction of sp³-hybridized carbons (Fsp3) is 0.615. The van der Waals surface area contributed by atoms with E-state index in [-0.39, 0.29) is 0 Å². The minimum Gasteiger partial charge on any atom is -0.397 e. The molecule has 1 unspecified atom stereocenters. The Bertz CT molecular complexity index is 435. The van der Waals surface area contributed by atoms with Crippen molar-refractivity contribution < 1.29 is 0 Å². The van der Waals surface area contributed by atoms with Crippen LogP contribution in [0.4, 0.5) is 11.5 Å². The van der Waals surface area contributed by atoms with Crippen LogP contribution in [0.1, 0.15) is 18.4 Å². The quantitative estimate of drug-likeness (QED) is 0.930. The van der Waals surface area contributed by atoms with Crippen LogP contribution in [0, 0.1) is 6.92 Å². The molecule has 1 aromatic heterocycles. The molecule has 1 fully saturated rings. The van der Waals surface area contributed by atoms with Crippen molar-refractivity contribution in [3.63, 3.8) is 0 Å². The molecule has 5 heteroatoms. The highest BCUT2D eigenvalue weighted by Gasteiger charge is 2.23. The molecule has 4 nitrogen and oxygen atoms in total. The van der Waals surface area contributed by atoms with Gasteiger partial charge in [0.05, 0.1) is 16.4 Å². The second-order valence-electron chi connectivity index (χ2n) is 5.13. The van der Waals surface area contributed by atoms with Gasteiger partial charge in [-0.25, -0.2) is 4.98 Å². The fourth-order valence-corrected chi connectivity index (χ4v) is 3.09. The standard InChI is InChI=1S/C13H21BrN4/c1-9-11(15)7-16-13(12(9)14)18(3)8-10-5-4-6-17(10)2/h7,10H,4-6,8,15H2,1-3H3. The zero-order chi connectivity index (χ0) is 13.3. The molecule has 1 aliphatic heterocycles. The lowest BCUT2D eigenvalue weighted by molar-refractivity contribution is 0.314. The molecular weight excluding hydrogens is 292 g/mol. The molecular formula is C13H21BrN4. The van der Waals surface area contributed by atoms with Crippen LogP contribution < -0.4 is 10.6 Å². The largest absolute Gasteiger partial charge is 0.397 e. The number of hydrogen-bond donors (Lipinski definition) is 1. The first kappa shape index (κ1) is 13.6. The number of nitrogens with two attached hydrogens (primary N) is 1. The third-order valence-electron chi connectivity index (χ3n) is 3.80. The lowest BCUT2D eigenvalue weighted by atomic mass is 10.2. The Morgan fingerprint density at radius 2 is 2.33 bits per heavy atom. The summed E-state index contributed by atoms with van der Waals surface area (Å²) in [7, 11) is 4.29. The van der Waals surface area contributed by atoms with Gasteiger partial charge in [-0.3, -0.25) is 0 Å². The van der Waals surface area contributed by atoms with E-state index in [1.807, 2.05) is 6.92 Å². The number of nitrogen functional groups attached to an aromatic ring is 1. The van der Waals surface area contributed by atoms with Crippen LogP contribution in [0.2, 0.25) is 0 Å². The van der Waals surface area contributed by atoms with E-state index >= 15 is 0 Å². The van der Waals surface area contributed by atoms with E-state index in [2.05, 4.69) is 44.8 Å². The van der Waals surface area contributed by atoms with E-state index in [4.69, 9.17) is 5.73 Å². The Morgan fingerprint density at radius 1 is 1.61 bits per heavy atom. The molecule has 0 aromatic carbocycles. The summed E-state index contributed by atoms with van der Waals surface area (Å²) in [5.41, 5.74) is 7.65. The summed E-state index contributed by atoms with van der Waals surface area (Å²) in [4.78, 5) is 9.08.